The first kappa shape index (κ1) is 15.2. The van der Waals surface area contributed by atoms with Gasteiger partial charge >= 0.3 is 6.09 Å². The second-order valence-electron chi connectivity index (χ2n) is 5.09. The maximum atomic E-state index is 11.8. The molecule has 4 nitrogen and oxygen atoms in total. The number of rotatable bonds is 5. The van der Waals surface area contributed by atoms with E-state index in [2.05, 4.69) is 12.2 Å². The Hall–Kier alpha value is -0.770. The van der Waals surface area contributed by atoms with E-state index in [4.69, 9.17) is 4.74 Å². The molecule has 0 bridgehead atoms. The number of nitrogens with one attached hydrogen (secondary N) is 1. The molecule has 0 aromatic rings. The van der Waals surface area contributed by atoms with Gasteiger partial charge in [-0.05, 0) is 34.2 Å². The third kappa shape index (κ3) is 5.95. The minimum atomic E-state index is -0.429. The minimum absolute atomic E-state index is 0.199. The molecule has 0 rings (SSSR count). The highest BCUT2D eigenvalue weighted by Gasteiger charge is 2.24. The van der Waals surface area contributed by atoms with Gasteiger partial charge in [-0.2, -0.15) is 0 Å². The van der Waals surface area contributed by atoms with Crippen LogP contribution in [-0.2, 0) is 4.74 Å². The first-order valence-corrected chi connectivity index (χ1v) is 5.92. The lowest BCUT2D eigenvalue weighted by Gasteiger charge is -2.30. The number of nitrogens with zero attached hydrogens (tertiary/aromatic N) is 1. The van der Waals surface area contributed by atoms with E-state index in [1.54, 1.807) is 11.9 Å². The molecular weight excluding hydrogens is 204 g/mol. The Bertz CT molecular complexity index is 206. The third-order valence-corrected chi connectivity index (χ3v) is 2.29. The van der Waals surface area contributed by atoms with Gasteiger partial charge in [0.15, 0.2) is 0 Å². The average molecular weight is 230 g/mol. The summed E-state index contributed by atoms with van der Waals surface area (Å²) in [5, 5.41) is 3.10. The molecule has 0 saturated carbocycles. The maximum absolute atomic E-state index is 11.8. The van der Waals surface area contributed by atoms with E-state index in [0.717, 1.165) is 19.4 Å². The van der Waals surface area contributed by atoms with Gasteiger partial charge < -0.3 is 15.0 Å². The number of hydrogen-bond acceptors (Lipinski definition) is 3. The van der Waals surface area contributed by atoms with Crippen molar-refractivity contribution in [2.75, 3.05) is 20.6 Å². The summed E-state index contributed by atoms with van der Waals surface area (Å²) in [4.78, 5) is 13.5. The van der Waals surface area contributed by atoms with E-state index in [1.165, 1.54) is 0 Å². The Morgan fingerprint density at radius 3 is 2.38 bits per heavy atom. The number of carbonyl (C=O) groups is 1. The summed E-state index contributed by atoms with van der Waals surface area (Å²) >= 11 is 0. The van der Waals surface area contributed by atoms with Crippen LogP contribution in [-0.4, -0.2) is 43.3 Å². The fraction of sp³-hybridized carbons (Fsp3) is 0.917. The molecule has 4 heteroatoms. The Balaban J connectivity index is 4.36. The SMILES string of the molecule is CCCC(CNC)N(C)C(=O)OC(C)(C)C. The van der Waals surface area contributed by atoms with Crippen molar-refractivity contribution in [3.63, 3.8) is 0 Å². The first-order valence-electron chi connectivity index (χ1n) is 5.92. The van der Waals surface area contributed by atoms with Crippen molar-refractivity contribution in [3.05, 3.63) is 0 Å². The summed E-state index contributed by atoms with van der Waals surface area (Å²) in [7, 11) is 3.69. The van der Waals surface area contributed by atoms with Crippen molar-refractivity contribution in [1.82, 2.24) is 10.2 Å². The zero-order chi connectivity index (χ0) is 12.8. The topological polar surface area (TPSA) is 41.6 Å². The highest BCUT2D eigenvalue weighted by atomic mass is 16.6. The van der Waals surface area contributed by atoms with E-state index < -0.39 is 5.60 Å². The normalized spacial score (nSPS) is 13.4. The van der Waals surface area contributed by atoms with Gasteiger partial charge in [0.2, 0.25) is 0 Å². The number of carbonyl (C=O) groups excluding carboxylic acids is 1. The molecule has 0 fully saturated rings. The number of hydrogen-bond donors (Lipinski definition) is 1. The molecule has 0 heterocycles. The van der Waals surface area contributed by atoms with Gasteiger partial charge in [-0.15, -0.1) is 0 Å². The molecule has 0 aliphatic heterocycles. The van der Waals surface area contributed by atoms with Gasteiger partial charge in [0, 0.05) is 19.6 Å². The molecule has 0 aromatic carbocycles. The van der Waals surface area contributed by atoms with Gasteiger partial charge in [-0.25, -0.2) is 4.79 Å². The zero-order valence-corrected chi connectivity index (χ0v) is 11.5. The molecular formula is C12H26N2O2. The summed E-state index contributed by atoms with van der Waals surface area (Å²) in [6, 6.07) is 0.199. The first-order chi connectivity index (χ1) is 7.31. The number of amides is 1. The summed E-state index contributed by atoms with van der Waals surface area (Å²) in [5.41, 5.74) is -0.429. The minimum Gasteiger partial charge on any atom is -0.444 e. The molecule has 16 heavy (non-hydrogen) atoms. The third-order valence-electron chi connectivity index (χ3n) is 2.29. The van der Waals surface area contributed by atoms with E-state index in [9.17, 15) is 4.79 Å². The van der Waals surface area contributed by atoms with Crippen LogP contribution < -0.4 is 5.32 Å². The Labute approximate surface area is 99.3 Å². The lowest BCUT2D eigenvalue weighted by Crippen LogP contribution is -2.44. The van der Waals surface area contributed by atoms with Crippen molar-refractivity contribution in [2.45, 2.75) is 52.2 Å². The Morgan fingerprint density at radius 1 is 1.44 bits per heavy atom. The number of ether oxygens (including phenoxy) is 1. The van der Waals surface area contributed by atoms with Crippen molar-refractivity contribution >= 4 is 6.09 Å². The molecule has 1 N–H and O–H groups in total. The lowest BCUT2D eigenvalue weighted by atomic mass is 10.1. The maximum Gasteiger partial charge on any atom is 0.410 e. The fourth-order valence-corrected chi connectivity index (χ4v) is 1.48. The Kier molecular flexibility index (Phi) is 6.41. The second-order valence-corrected chi connectivity index (χ2v) is 5.09. The van der Waals surface area contributed by atoms with Crippen LogP contribution in [0.3, 0.4) is 0 Å². The molecule has 0 aliphatic rings. The van der Waals surface area contributed by atoms with Crippen molar-refractivity contribution < 1.29 is 9.53 Å². The van der Waals surface area contributed by atoms with Crippen molar-refractivity contribution in [2.24, 2.45) is 0 Å². The quantitative estimate of drug-likeness (QED) is 0.787. The van der Waals surface area contributed by atoms with Crippen LogP contribution >= 0.6 is 0 Å². The molecule has 1 amide bonds. The van der Waals surface area contributed by atoms with Crippen LogP contribution in [0.15, 0.2) is 0 Å². The Morgan fingerprint density at radius 2 is 2.00 bits per heavy atom. The zero-order valence-electron chi connectivity index (χ0n) is 11.5. The smallest absolute Gasteiger partial charge is 0.410 e. The second kappa shape index (κ2) is 6.74. The van der Waals surface area contributed by atoms with E-state index in [-0.39, 0.29) is 12.1 Å². The van der Waals surface area contributed by atoms with Crippen LogP contribution in [0.5, 0.6) is 0 Å². The van der Waals surface area contributed by atoms with E-state index in [1.807, 2.05) is 27.8 Å². The molecule has 1 unspecified atom stereocenters. The summed E-state index contributed by atoms with van der Waals surface area (Å²) in [5.74, 6) is 0. The van der Waals surface area contributed by atoms with Gasteiger partial charge in [0.25, 0.3) is 0 Å². The van der Waals surface area contributed by atoms with Crippen LogP contribution in [0, 0.1) is 0 Å². The molecule has 0 radical (unpaired) electrons. The van der Waals surface area contributed by atoms with E-state index >= 15 is 0 Å². The largest absolute Gasteiger partial charge is 0.444 e. The van der Waals surface area contributed by atoms with Gasteiger partial charge in [0.1, 0.15) is 5.60 Å². The highest BCUT2D eigenvalue weighted by molar-refractivity contribution is 5.68. The highest BCUT2D eigenvalue weighted by Crippen LogP contribution is 2.12. The van der Waals surface area contributed by atoms with Crippen LogP contribution in [0.1, 0.15) is 40.5 Å². The molecule has 0 saturated heterocycles. The number of likely N-dealkylation sites (N-methyl/N-ethyl adjacent to an activating group) is 2. The fourth-order valence-electron chi connectivity index (χ4n) is 1.48. The molecule has 96 valence electrons. The van der Waals surface area contributed by atoms with Crippen molar-refractivity contribution in [3.8, 4) is 0 Å². The van der Waals surface area contributed by atoms with Crippen LogP contribution in [0.2, 0.25) is 0 Å². The van der Waals surface area contributed by atoms with Gasteiger partial charge in [0.05, 0.1) is 0 Å². The lowest BCUT2D eigenvalue weighted by molar-refractivity contribution is 0.0215. The predicted molar refractivity (Wildman–Crippen MR) is 66.6 cm³/mol. The predicted octanol–water partition coefficient (Wildman–Crippen LogP) is 2.24. The summed E-state index contributed by atoms with van der Waals surface area (Å²) < 4.78 is 5.33. The average Bonchev–Trinajstić information content (AvgIpc) is 2.13. The van der Waals surface area contributed by atoms with Gasteiger partial charge in [-0.3, -0.25) is 0 Å². The molecule has 0 spiro atoms. The summed E-state index contributed by atoms with van der Waals surface area (Å²) in [6.07, 6.45) is 1.79. The van der Waals surface area contributed by atoms with Crippen LogP contribution in [0.4, 0.5) is 4.79 Å². The molecule has 0 aromatic heterocycles. The summed E-state index contributed by atoms with van der Waals surface area (Å²) in [6.45, 7) is 8.55. The van der Waals surface area contributed by atoms with E-state index in [0.29, 0.717) is 0 Å². The molecule has 1 atom stereocenters. The van der Waals surface area contributed by atoms with Gasteiger partial charge in [-0.1, -0.05) is 13.3 Å². The monoisotopic (exact) mass is 230 g/mol. The van der Waals surface area contributed by atoms with Crippen molar-refractivity contribution in [1.29, 1.82) is 0 Å². The molecule has 0 aliphatic carbocycles. The van der Waals surface area contributed by atoms with Crippen LogP contribution in [0.25, 0.3) is 0 Å². The standard InChI is InChI=1S/C12H26N2O2/c1-7-8-10(9-13-5)14(6)11(15)16-12(2,3)4/h10,13H,7-9H2,1-6H3.